The van der Waals surface area contributed by atoms with E-state index in [1.165, 1.54) is 28.9 Å². The molecular weight excluding hydrogens is 412 g/mol. The van der Waals surface area contributed by atoms with Crippen molar-refractivity contribution in [3.05, 3.63) is 102 Å². The molecule has 1 amide bonds. The molecule has 0 atom stereocenters. The maximum Gasteiger partial charge on any atom is 0.226 e. The van der Waals surface area contributed by atoms with Gasteiger partial charge in [-0.15, -0.1) is 0 Å². The first-order valence-electron chi connectivity index (χ1n) is 10.1. The Hall–Kier alpha value is -4.00. The van der Waals surface area contributed by atoms with E-state index in [1.807, 2.05) is 30.3 Å². The minimum Gasteiger partial charge on any atom is -0.436 e. The summed E-state index contributed by atoms with van der Waals surface area (Å²) in [6.45, 7) is 1.79. The van der Waals surface area contributed by atoms with Crippen LogP contribution in [0, 0.1) is 18.6 Å². The fourth-order valence-corrected chi connectivity index (χ4v) is 3.30. The largest absolute Gasteiger partial charge is 0.436 e. The molecule has 0 bridgehead atoms. The third kappa shape index (κ3) is 4.83. The molecule has 0 unspecified atom stereocenters. The summed E-state index contributed by atoms with van der Waals surface area (Å²) in [6, 6.07) is 20.9. The van der Waals surface area contributed by atoms with E-state index in [0.29, 0.717) is 29.1 Å². The van der Waals surface area contributed by atoms with Crippen molar-refractivity contribution in [2.45, 2.75) is 19.8 Å². The highest BCUT2D eigenvalue weighted by Gasteiger charge is 2.21. The second-order valence-corrected chi connectivity index (χ2v) is 7.20. The first-order valence-corrected chi connectivity index (χ1v) is 10.1. The van der Waals surface area contributed by atoms with E-state index < -0.39 is 5.82 Å². The number of nitrogens with zero attached hydrogens (tertiary/aromatic N) is 2. The van der Waals surface area contributed by atoms with Gasteiger partial charge in [0.1, 0.15) is 5.82 Å². The van der Waals surface area contributed by atoms with Gasteiger partial charge >= 0.3 is 0 Å². The second-order valence-electron chi connectivity index (χ2n) is 7.20. The van der Waals surface area contributed by atoms with Crippen LogP contribution in [-0.2, 0) is 11.2 Å². The number of ether oxygens (including phenoxy) is 1. The first-order chi connectivity index (χ1) is 15.5. The van der Waals surface area contributed by atoms with Crippen molar-refractivity contribution in [1.82, 2.24) is 9.78 Å². The highest BCUT2D eigenvalue weighted by atomic mass is 19.1. The second kappa shape index (κ2) is 9.43. The molecule has 0 fully saturated rings. The molecular formula is C25H21F2N3O2. The van der Waals surface area contributed by atoms with Gasteiger partial charge in [0.2, 0.25) is 11.8 Å². The molecule has 7 heteroatoms. The molecule has 0 radical (unpaired) electrons. The van der Waals surface area contributed by atoms with Crippen LogP contribution < -0.4 is 10.1 Å². The predicted octanol–water partition coefficient (Wildman–Crippen LogP) is 5.82. The van der Waals surface area contributed by atoms with Crippen LogP contribution in [-0.4, -0.2) is 15.7 Å². The summed E-state index contributed by atoms with van der Waals surface area (Å²) in [7, 11) is 0. The van der Waals surface area contributed by atoms with Crippen LogP contribution in [0.3, 0.4) is 0 Å². The molecule has 1 heterocycles. The maximum atomic E-state index is 14.3. The number of carbonyl (C=O) groups excluding carboxylic acids is 1. The van der Waals surface area contributed by atoms with Gasteiger partial charge in [-0.2, -0.15) is 5.10 Å². The number of hydrogen-bond donors (Lipinski definition) is 1. The van der Waals surface area contributed by atoms with E-state index in [-0.39, 0.29) is 29.8 Å². The topological polar surface area (TPSA) is 56.2 Å². The fraction of sp³-hybridized carbons (Fsp3) is 0.120. The molecule has 1 aromatic heterocycles. The van der Waals surface area contributed by atoms with Crippen LogP contribution in [0.2, 0.25) is 0 Å². The lowest BCUT2D eigenvalue weighted by molar-refractivity contribution is -0.116. The number of amides is 1. The van der Waals surface area contributed by atoms with Gasteiger partial charge < -0.3 is 10.1 Å². The van der Waals surface area contributed by atoms with Crippen LogP contribution in [0.4, 0.5) is 14.5 Å². The lowest BCUT2D eigenvalue weighted by Crippen LogP contribution is -2.12. The molecule has 0 saturated heterocycles. The average Bonchev–Trinajstić information content (AvgIpc) is 3.10. The van der Waals surface area contributed by atoms with Gasteiger partial charge in [0.25, 0.3) is 0 Å². The molecule has 5 nitrogen and oxygen atoms in total. The Kier molecular flexibility index (Phi) is 6.26. The van der Waals surface area contributed by atoms with Crippen LogP contribution >= 0.6 is 0 Å². The molecule has 4 aromatic rings. The SMILES string of the molecule is Cc1nn(-c2ccc(F)cc2)c(Oc2ccccc2F)c1CCC(=O)Nc1ccccc1. The van der Waals surface area contributed by atoms with E-state index >= 15 is 0 Å². The van der Waals surface area contributed by atoms with Crippen LogP contribution in [0.15, 0.2) is 78.9 Å². The summed E-state index contributed by atoms with van der Waals surface area (Å²) in [4.78, 5) is 12.5. The normalized spacial score (nSPS) is 10.7. The van der Waals surface area contributed by atoms with Crippen molar-refractivity contribution in [2.75, 3.05) is 5.32 Å². The van der Waals surface area contributed by atoms with Crippen LogP contribution in [0.5, 0.6) is 11.6 Å². The van der Waals surface area contributed by atoms with E-state index in [1.54, 1.807) is 31.2 Å². The van der Waals surface area contributed by atoms with E-state index in [9.17, 15) is 13.6 Å². The summed E-state index contributed by atoms with van der Waals surface area (Å²) in [6.07, 6.45) is 0.508. The Morgan fingerprint density at radius 1 is 0.969 bits per heavy atom. The molecule has 0 aliphatic carbocycles. The van der Waals surface area contributed by atoms with Crippen molar-refractivity contribution in [1.29, 1.82) is 0 Å². The van der Waals surface area contributed by atoms with Gasteiger partial charge in [-0.3, -0.25) is 4.79 Å². The number of aromatic nitrogens is 2. The Morgan fingerprint density at radius 2 is 1.66 bits per heavy atom. The summed E-state index contributed by atoms with van der Waals surface area (Å²) in [5.74, 6) is -0.753. The summed E-state index contributed by atoms with van der Waals surface area (Å²) in [5.41, 5.74) is 2.56. The summed E-state index contributed by atoms with van der Waals surface area (Å²) >= 11 is 0. The van der Waals surface area contributed by atoms with Gasteiger partial charge in [0.05, 0.1) is 11.4 Å². The number of aryl methyl sites for hydroxylation is 1. The Balaban J connectivity index is 1.64. The van der Waals surface area contributed by atoms with Gasteiger partial charge in [-0.05, 0) is 61.9 Å². The average molecular weight is 433 g/mol. The molecule has 0 saturated carbocycles. The quantitative estimate of drug-likeness (QED) is 0.399. The fourth-order valence-electron chi connectivity index (χ4n) is 3.30. The van der Waals surface area contributed by atoms with Crippen molar-refractivity contribution in [2.24, 2.45) is 0 Å². The number of benzene rings is 3. The van der Waals surface area contributed by atoms with Crippen molar-refractivity contribution in [3.63, 3.8) is 0 Å². The predicted molar refractivity (Wildman–Crippen MR) is 118 cm³/mol. The molecule has 0 aliphatic rings. The van der Waals surface area contributed by atoms with Crippen LogP contribution in [0.1, 0.15) is 17.7 Å². The van der Waals surface area contributed by atoms with Gasteiger partial charge in [-0.1, -0.05) is 30.3 Å². The Labute approximate surface area is 184 Å². The van der Waals surface area contributed by atoms with E-state index in [4.69, 9.17) is 4.74 Å². The van der Waals surface area contributed by atoms with E-state index in [0.717, 1.165) is 0 Å². The van der Waals surface area contributed by atoms with Gasteiger partial charge in [0.15, 0.2) is 11.6 Å². The van der Waals surface area contributed by atoms with Crippen LogP contribution in [0.25, 0.3) is 5.69 Å². The zero-order valence-electron chi connectivity index (χ0n) is 17.4. The standard InChI is InChI=1S/C25H21F2N3O2/c1-17-21(15-16-24(31)28-19-7-3-2-4-8-19)25(32-23-10-6-5-9-22(23)27)30(29-17)20-13-11-18(26)12-14-20/h2-14H,15-16H2,1H3,(H,28,31). The number of rotatable bonds is 7. The lowest BCUT2D eigenvalue weighted by Gasteiger charge is -2.12. The van der Waals surface area contributed by atoms with Crippen molar-refractivity contribution in [3.8, 4) is 17.3 Å². The number of hydrogen-bond acceptors (Lipinski definition) is 3. The Bertz CT molecular complexity index is 1220. The smallest absolute Gasteiger partial charge is 0.226 e. The minimum absolute atomic E-state index is 0.0331. The number of carbonyl (C=O) groups is 1. The number of anilines is 1. The molecule has 0 spiro atoms. The lowest BCUT2D eigenvalue weighted by atomic mass is 10.1. The third-order valence-corrected chi connectivity index (χ3v) is 4.91. The van der Waals surface area contributed by atoms with Gasteiger partial charge in [0, 0.05) is 17.7 Å². The Morgan fingerprint density at radius 3 is 2.38 bits per heavy atom. The number of halogens is 2. The van der Waals surface area contributed by atoms with Gasteiger partial charge in [-0.25, -0.2) is 13.5 Å². The third-order valence-electron chi connectivity index (χ3n) is 4.91. The minimum atomic E-state index is -0.523. The molecule has 3 aromatic carbocycles. The maximum absolute atomic E-state index is 14.3. The highest BCUT2D eigenvalue weighted by Crippen LogP contribution is 2.32. The summed E-state index contributed by atoms with van der Waals surface area (Å²) in [5, 5.41) is 7.36. The molecule has 0 aliphatic heterocycles. The molecule has 32 heavy (non-hydrogen) atoms. The zero-order chi connectivity index (χ0) is 22.5. The molecule has 162 valence electrons. The molecule has 4 rings (SSSR count). The zero-order valence-corrected chi connectivity index (χ0v) is 17.4. The van der Waals surface area contributed by atoms with Crippen molar-refractivity contribution < 1.29 is 18.3 Å². The first kappa shape index (κ1) is 21.2. The van der Waals surface area contributed by atoms with Crippen molar-refractivity contribution >= 4 is 11.6 Å². The molecule has 1 N–H and O–H groups in total. The monoisotopic (exact) mass is 433 g/mol. The number of para-hydroxylation sites is 2. The highest BCUT2D eigenvalue weighted by molar-refractivity contribution is 5.90. The number of nitrogens with one attached hydrogen (secondary N) is 1. The summed E-state index contributed by atoms with van der Waals surface area (Å²) < 4.78 is 35.1. The van der Waals surface area contributed by atoms with E-state index in [2.05, 4.69) is 10.4 Å².